The first-order chi connectivity index (χ1) is 16.2. The number of hydrogen-bond acceptors (Lipinski definition) is 4. The van der Waals surface area contributed by atoms with Crippen LogP contribution in [0.15, 0.2) is 85.1 Å². The number of pyridine rings is 1. The standard InChI is InChI=1S/C26H24Cl2N4O/c27-14-17-32(18-15-28)22-11-5-19(6-12-22)26(33)31-21-9-7-20(8-10-21)30-25-13-16-29-24-4-2-1-3-23(24)25/h1-13,16H,14-15,17-18H2,(H,29,30)(H,31,33). The number of rotatable bonds is 9. The number of halogens is 2. The van der Waals surface area contributed by atoms with E-state index in [2.05, 4.69) is 20.5 Å². The summed E-state index contributed by atoms with van der Waals surface area (Å²) in [6.07, 6.45) is 1.79. The van der Waals surface area contributed by atoms with Gasteiger partial charge in [0, 0.05) is 64.7 Å². The quantitative estimate of drug-likeness (QED) is 0.269. The van der Waals surface area contributed by atoms with Crippen LogP contribution in [0.5, 0.6) is 0 Å². The zero-order chi connectivity index (χ0) is 23.0. The molecule has 0 aliphatic carbocycles. The summed E-state index contributed by atoms with van der Waals surface area (Å²) in [5.41, 5.74) is 5.14. The highest BCUT2D eigenvalue weighted by Crippen LogP contribution is 2.26. The van der Waals surface area contributed by atoms with E-state index in [4.69, 9.17) is 23.2 Å². The van der Waals surface area contributed by atoms with Crippen molar-refractivity contribution in [1.29, 1.82) is 0 Å². The first-order valence-corrected chi connectivity index (χ1v) is 11.7. The highest BCUT2D eigenvalue weighted by atomic mass is 35.5. The Morgan fingerprint density at radius 3 is 2.18 bits per heavy atom. The molecule has 4 aromatic rings. The first-order valence-electron chi connectivity index (χ1n) is 10.7. The molecule has 33 heavy (non-hydrogen) atoms. The third-order valence-corrected chi connectivity index (χ3v) is 5.61. The van der Waals surface area contributed by atoms with E-state index in [1.54, 1.807) is 6.20 Å². The Hall–Kier alpha value is -3.28. The predicted molar refractivity (Wildman–Crippen MR) is 140 cm³/mol. The molecule has 0 spiro atoms. The lowest BCUT2D eigenvalue weighted by atomic mass is 10.1. The van der Waals surface area contributed by atoms with Crippen molar-refractivity contribution in [3.8, 4) is 0 Å². The maximum absolute atomic E-state index is 12.7. The van der Waals surface area contributed by atoms with Gasteiger partial charge < -0.3 is 15.5 Å². The van der Waals surface area contributed by atoms with Crippen LogP contribution in [0.4, 0.5) is 22.7 Å². The van der Waals surface area contributed by atoms with Gasteiger partial charge in [-0.1, -0.05) is 18.2 Å². The van der Waals surface area contributed by atoms with Gasteiger partial charge in [0.15, 0.2) is 0 Å². The Labute approximate surface area is 203 Å². The molecule has 1 aromatic heterocycles. The Morgan fingerprint density at radius 2 is 1.48 bits per heavy atom. The monoisotopic (exact) mass is 478 g/mol. The number of benzene rings is 3. The second kappa shape index (κ2) is 11.0. The van der Waals surface area contributed by atoms with Gasteiger partial charge in [-0.05, 0) is 60.7 Å². The molecule has 1 heterocycles. The number of carbonyl (C=O) groups excluding carboxylic acids is 1. The van der Waals surface area contributed by atoms with E-state index in [1.807, 2.05) is 78.9 Å². The third kappa shape index (κ3) is 5.75. The molecule has 7 heteroatoms. The first kappa shape index (κ1) is 22.9. The number of nitrogens with zero attached hydrogens (tertiary/aromatic N) is 2. The number of aromatic nitrogens is 1. The molecular weight excluding hydrogens is 455 g/mol. The highest BCUT2D eigenvalue weighted by molar-refractivity contribution is 6.18. The summed E-state index contributed by atoms with van der Waals surface area (Å²) < 4.78 is 0. The van der Waals surface area contributed by atoms with Crippen molar-refractivity contribution in [2.75, 3.05) is 40.4 Å². The Bertz CT molecular complexity index is 1200. The van der Waals surface area contributed by atoms with E-state index < -0.39 is 0 Å². The van der Waals surface area contributed by atoms with Crippen LogP contribution >= 0.6 is 23.2 Å². The van der Waals surface area contributed by atoms with Crippen LogP contribution in [0, 0.1) is 0 Å². The summed E-state index contributed by atoms with van der Waals surface area (Å²) >= 11 is 11.8. The number of para-hydroxylation sites is 1. The second-order valence-electron chi connectivity index (χ2n) is 7.44. The number of anilines is 4. The van der Waals surface area contributed by atoms with E-state index in [0.29, 0.717) is 30.4 Å². The summed E-state index contributed by atoms with van der Waals surface area (Å²) in [4.78, 5) is 19.2. The molecule has 4 rings (SSSR count). The minimum Gasteiger partial charge on any atom is -0.369 e. The Kier molecular flexibility index (Phi) is 7.66. The molecule has 0 bridgehead atoms. The molecule has 0 atom stereocenters. The average molecular weight is 479 g/mol. The van der Waals surface area contributed by atoms with Gasteiger partial charge in [0.05, 0.1) is 5.52 Å². The Morgan fingerprint density at radius 1 is 0.818 bits per heavy atom. The number of hydrogen-bond donors (Lipinski definition) is 2. The fourth-order valence-electron chi connectivity index (χ4n) is 3.60. The molecule has 0 saturated carbocycles. The number of alkyl halides is 2. The zero-order valence-electron chi connectivity index (χ0n) is 18.0. The SMILES string of the molecule is O=C(Nc1ccc(Nc2ccnc3ccccc23)cc1)c1ccc(N(CCCl)CCCl)cc1. The van der Waals surface area contributed by atoms with Crippen molar-refractivity contribution >= 4 is 62.8 Å². The van der Waals surface area contributed by atoms with Gasteiger partial charge in [-0.2, -0.15) is 0 Å². The van der Waals surface area contributed by atoms with E-state index in [0.717, 1.165) is 33.7 Å². The number of nitrogens with one attached hydrogen (secondary N) is 2. The molecule has 0 saturated heterocycles. The third-order valence-electron chi connectivity index (χ3n) is 5.27. The topological polar surface area (TPSA) is 57.3 Å². The summed E-state index contributed by atoms with van der Waals surface area (Å²) in [6.45, 7) is 1.41. The molecule has 0 unspecified atom stereocenters. The van der Waals surface area contributed by atoms with E-state index >= 15 is 0 Å². The van der Waals surface area contributed by atoms with Crippen LogP contribution in [0.3, 0.4) is 0 Å². The minimum absolute atomic E-state index is 0.163. The van der Waals surface area contributed by atoms with E-state index in [9.17, 15) is 4.79 Å². The van der Waals surface area contributed by atoms with Gasteiger partial charge in [-0.25, -0.2) is 0 Å². The fraction of sp³-hybridized carbons (Fsp3) is 0.154. The van der Waals surface area contributed by atoms with Gasteiger partial charge in [-0.3, -0.25) is 9.78 Å². The van der Waals surface area contributed by atoms with Crippen molar-refractivity contribution < 1.29 is 4.79 Å². The van der Waals surface area contributed by atoms with E-state index in [1.165, 1.54) is 0 Å². The molecule has 5 nitrogen and oxygen atoms in total. The molecule has 0 aliphatic rings. The smallest absolute Gasteiger partial charge is 0.255 e. The molecule has 0 aliphatic heterocycles. The van der Waals surface area contributed by atoms with Crippen LogP contribution in [-0.2, 0) is 0 Å². The van der Waals surface area contributed by atoms with Crippen LogP contribution in [-0.4, -0.2) is 35.7 Å². The van der Waals surface area contributed by atoms with Gasteiger partial charge in [-0.15, -0.1) is 23.2 Å². The molecule has 0 fully saturated rings. The van der Waals surface area contributed by atoms with Crippen molar-refractivity contribution in [2.45, 2.75) is 0 Å². The van der Waals surface area contributed by atoms with Crippen LogP contribution in [0.2, 0.25) is 0 Å². The van der Waals surface area contributed by atoms with Gasteiger partial charge >= 0.3 is 0 Å². The number of carbonyl (C=O) groups is 1. The number of amides is 1. The number of fused-ring (bicyclic) bond motifs is 1. The molecule has 168 valence electrons. The molecule has 3 aromatic carbocycles. The minimum atomic E-state index is -0.163. The molecule has 0 radical (unpaired) electrons. The summed E-state index contributed by atoms with van der Waals surface area (Å²) in [5.74, 6) is 0.867. The summed E-state index contributed by atoms with van der Waals surface area (Å²) in [6, 6.07) is 25.0. The largest absolute Gasteiger partial charge is 0.369 e. The lowest BCUT2D eigenvalue weighted by Crippen LogP contribution is -2.27. The van der Waals surface area contributed by atoms with Gasteiger partial charge in [0.1, 0.15) is 0 Å². The van der Waals surface area contributed by atoms with Gasteiger partial charge in [0.25, 0.3) is 5.91 Å². The van der Waals surface area contributed by atoms with E-state index in [-0.39, 0.29) is 5.91 Å². The Balaban J connectivity index is 1.41. The van der Waals surface area contributed by atoms with Crippen LogP contribution in [0.25, 0.3) is 10.9 Å². The van der Waals surface area contributed by atoms with Crippen LogP contribution < -0.4 is 15.5 Å². The van der Waals surface area contributed by atoms with Crippen molar-refractivity contribution in [3.63, 3.8) is 0 Å². The molecular formula is C26H24Cl2N4O. The zero-order valence-corrected chi connectivity index (χ0v) is 19.5. The van der Waals surface area contributed by atoms with Crippen molar-refractivity contribution in [2.24, 2.45) is 0 Å². The predicted octanol–water partition coefficient (Wildman–Crippen LogP) is 6.51. The summed E-state index contributed by atoms with van der Waals surface area (Å²) in [5, 5.41) is 7.42. The maximum atomic E-state index is 12.7. The highest BCUT2D eigenvalue weighted by Gasteiger charge is 2.10. The average Bonchev–Trinajstić information content (AvgIpc) is 2.85. The second-order valence-corrected chi connectivity index (χ2v) is 8.20. The maximum Gasteiger partial charge on any atom is 0.255 e. The molecule has 1 amide bonds. The normalized spacial score (nSPS) is 10.7. The lowest BCUT2D eigenvalue weighted by molar-refractivity contribution is 0.102. The molecule has 2 N–H and O–H groups in total. The lowest BCUT2D eigenvalue weighted by Gasteiger charge is -2.22. The van der Waals surface area contributed by atoms with Crippen LogP contribution in [0.1, 0.15) is 10.4 Å². The van der Waals surface area contributed by atoms with Crippen molar-refractivity contribution in [3.05, 3.63) is 90.6 Å². The van der Waals surface area contributed by atoms with Gasteiger partial charge in [0.2, 0.25) is 0 Å². The summed E-state index contributed by atoms with van der Waals surface area (Å²) in [7, 11) is 0. The fourth-order valence-corrected chi connectivity index (χ4v) is 4.01. The van der Waals surface area contributed by atoms with Crippen molar-refractivity contribution in [1.82, 2.24) is 4.98 Å².